The average Bonchev–Trinajstić information content (AvgIpc) is 2.98. The highest BCUT2D eigenvalue weighted by Crippen LogP contribution is 2.33. The third-order valence-corrected chi connectivity index (χ3v) is 6.37. The van der Waals surface area contributed by atoms with E-state index in [-0.39, 0.29) is 17.4 Å². The van der Waals surface area contributed by atoms with E-state index in [2.05, 4.69) is 29.6 Å². The Labute approximate surface area is 123 Å². The lowest BCUT2D eigenvalue weighted by atomic mass is 9.87. The summed E-state index contributed by atoms with van der Waals surface area (Å²) < 4.78 is 18.4. The summed E-state index contributed by atoms with van der Waals surface area (Å²) in [5, 5.41) is 3.59. The SMILES string of the molecule is CNC1c2ccccc2CCC1S(=O)CC1CCCO1. The molecule has 1 aromatic rings. The maximum atomic E-state index is 12.7. The van der Waals surface area contributed by atoms with Crippen LogP contribution in [0.5, 0.6) is 0 Å². The number of rotatable bonds is 4. The van der Waals surface area contributed by atoms with E-state index in [1.807, 2.05) is 7.05 Å². The van der Waals surface area contributed by atoms with Crippen LogP contribution in [-0.4, -0.2) is 35.0 Å². The second-order valence-corrected chi connectivity index (χ2v) is 7.43. The molecule has 0 radical (unpaired) electrons. The van der Waals surface area contributed by atoms with Gasteiger partial charge in [0.1, 0.15) is 0 Å². The highest BCUT2D eigenvalue weighted by molar-refractivity contribution is 7.85. The van der Waals surface area contributed by atoms with E-state index in [0.717, 1.165) is 32.3 Å². The zero-order valence-corrected chi connectivity index (χ0v) is 12.8. The normalized spacial score (nSPS) is 30.9. The molecule has 1 aliphatic carbocycles. The molecule has 2 aliphatic rings. The first-order valence-corrected chi connectivity index (χ1v) is 8.91. The molecule has 1 aliphatic heterocycles. The summed E-state index contributed by atoms with van der Waals surface area (Å²) >= 11 is 0. The Morgan fingerprint density at radius 3 is 2.95 bits per heavy atom. The number of ether oxygens (including phenoxy) is 1. The fourth-order valence-corrected chi connectivity index (χ4v) is 5.28. The van der Waals surface area contributed by atoms with Gasteiger partial charge in [-0.15, -0.1) is 0 Å². The zero-order chi connectivity index (χ0) is 13.9. The number of fused-ring (bicyclic) bond motifs is 1. The lowest BCUT2D eigenvalue weighted by Gasteiger charge is -2.33. The molecule has 4 atom stereocenters. The van der Waals surface area contributed by atoms with Crippen molar-refractivity contribution in [3.8, 4) is 0 Å². The number of nitrogens with one attached hydrogen (secondary N) is 1. The molecule has 3 rings (SSSR count). The van der Waals surface area contributed by atoms with Gasteiger partial charge in [-0.2, -0.15) is 0 Å². The first-order chi connectivity index (χ1) is 9.79. The van der Waals surface area contributed by atoms with Gasteiger partial charge >= 0.3 is 0 Å². The van der Waals surface area contributed by atoms with Crippen molar-refractivity contribution in [1.29, 1.82) is 0 Å². The van der Waals surface area contributed by atoms with Crippen molar-refractivity contribution in [2.24, 2.45) is 0 Å². The van der Waals surface area contributed by atoms with Crippen LogP contribution in [-0.2, 0) is 22.0 Å². The Morgan fingerprint density at radius 2 is 2.20 bits per heavy atom. The van der Waals surface area contributed by atoms with Crippen LogP contribution < -0.4 is 5.32 Å². The molecule has 1 saturated heterocycles. The summed E-state index contributed by atoms with van der Waals surface area (Å²) in [5.74, 6) is 0.699. The third kappa shape index (κ3) is 2.83. The minimum Gasteiger partial charge on any atom is -0.377 e. The third-order valence-electron chi connectivity index (χ3n) is 4.48. The van der Waals surface area contributed by atoms with Crippen molar-refractivity contribution in [2.75, 3.05) is 19.4 Å². The average molecular weight is 293 g/mol. The second kappa shape index (κ2) is 6.37. The van der Waals surface area contributed by atoms with Crippen LogP contribution in [0.1, 0.15) is 36.4 Å². The quantitative estimate of drug-likeness (QED) is 0.925. The summed E-state index contributed by atoms with van der Waals surface area (Å²) in [5.41, 5.74) is 2.73. The summed E-state index contributed by atoms with van der Waals surface area (Å²) in [4.78, 5) is 0. The minimum atomic E-state index is -0.821. The van der Waals surface area contributed by atoms with Gasteiger partial charge in [0, 0.05) is 23.4 Å². The molecular formula is C16H23NO2S. The molecule has 110 valence electrons. The Balaban J connectivity index is 1.75. The molecule has 4 unspecified atom stereocenters. The van der Waals surface area contributed by atoms with Crippen LogP contribution in [0.3, 0.4) is 0 Å². The molecule has 3 nitrogen and oxygen atoms in total. The first kappa shape index (κ1) is 14.2. The maximum Gasteiger partial charge on any atom is 0.0691 e. The largest absolute Gasteiger partial charge is 0.377 e. The molecule has 0 spiro atoms. The Morgan fingerprint density at radius 1 is 1.35 bits per heavy atom. The van der Waals surface area contributed by atoms with Crippen LogP contribution in [0.4, 0.5) is 0 Å². The first-order valence-electron chi connectivity index (χ1n) is 7.53. The summed E-state index contributed by atoms with van der Waals surface area (Å²) in [7, 11) is 1.15. The second-order valence-electron chi connectivity index (χ2n) is 5.72. The predicted molar refractivity (Wildman–Crippen MR) is 82.3 cm³/mol. The Hall–Kier alpha value is -0.710. The van der Waals surface area contributed by atoms with E-state index < -0.39 is 10.8 Å². The van der Waals surface area contributed by atoms with Gasteiger partial charge in [0.15, 0.2) is 0 Å². The van der Waals surface area contributed by atoms with Crippen LogP contribution in [0.2, 0.25) is 0 Å². The minimum absolute atomic E-state index is 0.207. The van der Waals surface area contributed by atoms with Gasteiger partial charge in [0.05, 0.1) is 17.1 Å². The van der Waals surface area contributed by atoms with Crippen molar-refractivity contribution in [1.82, 2.24) is 5.32 Å². The maximum absolute atomic E-state index is 12.7. The Bertz CT molecular complexity index is 485. The molecule has 1 fully saturated rings. The molecule has 0 aromatic heterocycles. The van der Waals surface area contributed by atoms with E-state index in [0.29, 0.717) is 5.75 Å². The Kier molecular flexibility index (Phi) is 4.54. The molecule has 0 bridgehead atoms. The van der Waals surface area contributed by atoms with Gasteiger partial charge in [-0.3, -0.25) is 4.21 Å². The number of hydrogen-bond acceptors (Lipinski definition) is 3. The highest BCUT2D eigenvalue weighted by atomic mass is 32.2. The molecule has 0 saturated carbocycles. The monoisotopic (exact) mass is 293 g/mol. The van der Waals surface area contributed by atoms with E-state index in [9.17, 15) is 4.21 Å². The van der Waals surface area contributed by atoms with Gasteiger partial charge < -0.3 is 10.1 Å². The van der Waals surface area contributed by atoms with Crippen molar-refractivity contribution < 1.29 is 8.95 Å². The summed E-state index contributed by atoms with van der Waals surface area (Å²) in [6.07, 6.45) is 4.44. The van der Waals surface area contributed by atoms with Crippen LogP contribution >= 0.6 is 0 Å². The van der Waals surface area contributed by atoms with E-state index in [4.69, 9.17) is 4.74 Å². The molecule has 1 aromatic carbocycles. The van der Waals surface area contributed by atoms with Crippen molar-refractivity contribution in [3.05, 3.63) is 35.4 Å². The molecule has 1 heterocycles. The van der Waals surface area contributed by atoms with Crippen LogP contribution in [0.25, 0.3) is 0 Å². The molecule has 0 amide bonds. The predicted octanol–water partition coefficient (Wildman–Crippen LogP) is 2.19. The van der Waals surface area contributed by atoms with Gasteiger partial charge in [-0.1, -0.05) is 24.3 Å². The van der Waals surface area contributed by atoms with Crippen LogP contribution in [0, 0.1) is 0 Å². The lowest BCUT2D eigenvalue weighted by Crippen LogP contribution is -2.39. The number of aryl methyl sites for hydroxylation is 1. The summed E-state index contributed by atoms with van der Waals surface area (Å²) in [6.45, 7) is 0.838. The topological polar surface area (TPSA) is 38.3 Å². The molecule has 1 N–H and O–H groups in total. The fourth-order valence-electron chi connectivity index (χ4n) is 3.44. The van der Waals surface area contributed by atoms with Crippen molar-refractivity contribution in [2.45, 2.75) is 43.1 Å². The van der Waals surface area contributed by atoms with Gasteiger partial charge in [0.25, 0.3) is 0 Å². The number of hydrogen-bond donors (Lipinski definition) is 1. The molecular weight excluding hydrogens is 270 g/mol. The van der Waals surface area contributed by atoms with E-state index >= 15 is 0 Å². The standard InChI is InChI=1S/C16H23NO2S/c1-17-16-14-7-3-2-5-12(14)8-9-15(16)20(18)11-13-6-4-10-19-13/h2-3,5,7,13,15-17H,4,6,8-11H2,1H3. The van der Waals surface area contributed by atoms with Gasteiger partial charge in [-0.05, 0) is 43.9 Å². The lowest BCUT2D eigenvalue weighted by molar-refractivity contribution is 0.128. The molecule has 20 heavy (non-hydrogen) atoms. The van der Waals surface area contributed by atoms with Gasteiger partial charge in [0.2, 0.25) is 0 Å². The summed E-state index contributed by atoms with van der Waals surface area (Å²) in [6, 6.07) is 8.75. The van der Waals surface area contributed by atoms with E-state index in [1.165, 1.54) is 11.1 Å². The van der Waals surface area contributed by atoms with Crippen molar-refractivity contribution in [3.63, 3.8) is 0 Å². The zero-order valence-electron chi connectivity index (χ0n) is 12.0. The van der Waals surface area contributed by atoms with Gasteiger partial charge in [-0.25, -0.2) is 0 Å². The number of benzene rings is 1. The van der Waals surface area contributed by atoms with Crippen LogP contribution in [0.15, 0.2) is 24.3 Å². The smallest absolute Gasteiger partial charge is 0.0691 e. The highest BCUT2D eigenvalue weighted by Gasteiger charge is 2.33. The van der Waals surface area contributed by atoms with Crippen molar-refractivity contribution >= 4 is 10.8 Å². The fraction of sp³-hybridized carbons (Fsp3) is 0.625. The molecule has 4 heteroatoms. The van der Waals surface area contributed by atoms with E-state index in [1.54, 1.807) is 0 Å².